The average molecular weight is 334 g/mol. The minimum atomic E-state index is -0.0967. The fourth-order valence-corrected chi connectivity index (χ4v) is 3.04. The van der Waals surface area contributed by atoms with Gasteiger partial charge in [0.25, 0.3) is 0 Å². The maximum Gasteiger partial charge on any atom is 0.305 e. The lowest BCUT2D eigenvalue weighted by atomic mass is 9.98. The van der Waals surface area contributed by atoms with Crippen molar-refractivity contribution < 1.29 is 9.53 Å². The fourth-order valence-electron chi connectivity index (χ4n) is 3.04. The summed E-state index contributed by atoms with van der Waals surface area (Å²) in [5.41, 5.74) is 1.32. The van der Waals surface area contributed by atoms with Gasteiger partial charge in [0.2, 0.25) is 0 Å². The monoisotopic (exact) mass is 333 g/mol. The van der Waals surface area contributed by atoms with E-state index in [9.17, 15) is 4.79 Å². The van der Waals surface area contributed by atoms with Crippen molar-refractivity contribution in [1.82, 2.24) is 0 Å². The van der Waals surface area contributed by atoms with Crippen molar-refractivity contribution >= 4 is 11.7 Å². The second-order valence-electron chi connectivity index (χ2n) is 6.58. The highest BCUT2D eigenvalue weighted by atomic mass is 16.5. The van der Waals surface area contributed by atoms with Crippen LogP contribution in [-0.4, -0.2) is 26.2 Å². The van der Waals surface area contributed by atoms with Crippen LogP contribution in [0.5, 0.6) is 0 Å². The van der Waals surface area contributed by atoms with Gasteiger partial charge in [0.15, 0.2) is 0 Å². The molecule has 1 aromatic carbocycles. The molecule has 1 unspecified atom stereocenters. The Morgan fingerprint density at radius 2 is 1.83 bits per heavy atom. The van der Waals surface area contributed by atoms with Crippen molar-refractivity contribution in [3.05, 3.63) is 30.3 Å². The molecule has 0 radical (unpaired) electrons. The molecule has 0 aliphatic rings. The number of carbonyl (C=O) groups is 1. The molecule has 3 nitrogen and oxygen atoms in total. The molecule has 0 aromatic heterocycles. The first kappa shape index (κ1) is 20.5. The molecule has 0 heterocycles. The lowest BCUT2D eigenvalue weighted by Gasteiger charge is -2.29. The molecule has 24 heavy (non-hydrogen) atoms. The number of hydrogen-bond donors (Lipinski definition) is 0. The van der Waals surface area contributed by atoms with Gasteiger partial charge in [-0.05, 0) is 37.3 Å². The van der Waals surface area contributed by atoms with Crippen molar-refractivity contribution in [3.8, 4) is 0 Å². The lowest BCUT2D eigenvalue weighted by molar-refractivity contribution is -0.140. The van der Waals surface area contributed by atoms with Crippen LogP contribution in [0.15, 0.2) is 30.3 Å². The molecule has 136 valence electrons. The number of ether oxygens (including phenoxy) is 1. The highest BCUT2D eigenvalue weighted by Crippen LogP contribution is 2.21. The maximum absolute atomic E-state index is 11.2. The van der Waals surface area contributed by atoms with Crippen LogP contribution < -0.4 is 4.90 Å². The van der Waals surface area contributed by atoms with E-state index in [1.807, 2.05) is 0 Å². The Morgan fingerprint density at radius 1 is 1.08 bits per heavy atom. The third-order valence-corrected chi connectivity index (χ3v) is 4.68. The van der Waals surface area contributed by atoms with E-state index in [2.05, 4.69) is 49.1 Å². The molecule has 0 aliphatic carbocycles. The zero-order valence-electron chi connectivity index (χ0n) is 15.8. The lowest BCUT2D eigenvalue weighted by Crippen LogP contribution is -2.30. The summed E-state index contributed by atoms with van der Waals surface area (Å²) in [7, 11) is 1.46. The van der Waals surface area contributed by atoms with Gasteiger partial charge in [-0.25, -0.2) is 0 Å². The number of esters is 1. The molecule has 1 atom stereocenters. The molecule has 0 bridgehead atoms. The Kier molecular flexibility index (Phi) is 11.0. The third kappa shape index (κ3) is 8.37. The zero-order chi connectivity index (χ0) is 17.6. The van der Waals surface area contributed by atoms with Crippen molar-refractivity contribution in [2.45, 2.75) is 65.2 Å². The van der Waals surface area contributed by atoms with Gasteiger partial charge in [0.05, 0.1) is 7.11 Å². The van der Waals surface area contributed by atoms with Crippen LogP contribution in [-0.2, 0) is 9.53 Å². The second kappa shape index (κ2) is 12.9. The molecule has 1 rings (SSSR count). The third-order valence-electron chi connectivity index (χ3n) is 4.68. The molecule has 3 heteroatoms. The van der Waals surface area contributed by atoms with Gasteiger partial charge < -0.3 is 9.64 Å². The van der Waals surface area contributed by atoms with Crippen LogP contribution >= 0.6 is 0 Å². The molecule has 1 aromatic rings. The largest absolute Gasteiger partial charge is 0.469 e. The van der Waals surface area contributed by atoms with Gasteiger partial charge >= 0.3 is 5.97 Å². The van der Waals surface area contributed by atoms with E-state index in [0.717, 1.165) is 38.3 Å². The van der Waals surface area contributed by atoms with Crippen molar-refractivity contribution in [3.63, 3.8) is 0 Å². The van der Waals surface area contributed by atoms with Crippen LogP contribution in [0, 0.1) is 5.92 Å². The zero-order valence-corrected chi connectivity index (χ0v) is 15.8. The van der Waals surface area contributed by atoms with Gasteiger partial charge in [-0.3, -0.25) is 4.79 Å². The van der Waals surface area contributed by atoms with E-state index in [1.165, 1.54) is 38.5 Å². The van der Waals surface area contributed by atoms with E-state index in [-0.39, 0.29) is 5.97 Å². The highest BCUT2D eigenvalue weighted by Gasteiger charge is 2.13. The summed E-state index contributed by atoms with van der Waals surface area (Å²) in [6.45, 7) is 6.77. The van der Waals surface area contributed by atoms with E-state index in [1.54, 1.807) is 0 Å². The predicted molar refractivity (Wildman–Crippen MR) is 102 cm³/mol. The number of unbranched alkanes of at least 4 members (excludes halogenated alkanes) is 3. The number of nitrogens with zero attached hydrogens (tertiary/aromatic N) is 1. The number of anilines is 1. The van der Waals surface area contributed by atoms with E-state index < -0.39 is 0 Å². The van der Waals surface area contributed by atoms with Gasteiger partial charge in [0.1, 0.15) is 0 Å². The Bertz CT molecular complexity index is 433. The molecule has 0 aliphatic heterocycles. The second-order valence-corrected chi connectivity index (χ2v) is 6.58. The first-order valence-electron chi connectivity index (χ1n) is 9.58. The van der Waals surface area contributed by atoms with Crippen molar-refractivity contribution in [1.29, 1.82) is 0 Å². The number of hydrogen-bond acceptors (Lipinski definition) is 3. The van der Waals surface area contributed by atoms with Crippen LogP contribution in [0.2, 0.25) is 0 Å². The fraction of sp³-hybridized carbons (Fsp3) is 0.667. The highest BCUT2D eigenvalue weighted by molar-refractivity contribution is 5.68. The quantitative estimate of drug-likeness (QED) is 0.355. The van der Waals surface area contributed by atoms with Crippen LogP contribution in [0.4, 0.5) is 5.69 Å². The smallest absolute Gasteiger partial charge is 0.305 e. The Morgan fingerprint density at radius 3 is 2.46 bits per heavy atom. The standard InChI is InChI=1S/C21H35NO2/c1-4-6-13-19(5-2)18-22(20-14-9-7-10-15-20)17-12-8-11-16-21(23)24-3/h7,9-10,14-15,19H,4-6,8,11-13,16-18H2,1-3H3. The Labute approximate surface area is 148 Å². The molecule has 0 N–H and O–H groups in total. The van der Waals surface area contributed by atoms with Crippen LogP contribution in [0.3, 0.4) is 0 Å². The van der Waals surface area contributed by atoms with E-state index in [4.69, 9.17) is 4.74 Å². The Hall–Kier alpha value is -1.51. The first-order chi connectivity index (χ1) is 11.7. The topological polar surface area (TPSA) is 29.5 Å². The summed E-state index contributed by atoms with van der Waals surface area (Å²) in [6.07, 6.45) is 8.80. The molecular weight excluding hydrogens is 298 g/mol. The number of benzene rings is 1. The minimum absolute atomic E-state index is 0.0967. The van der Waals surface area contributed by atoms with Crippen LogP contribution in [0.25, 0.3) is 0 Å². The molecular formula is C21H35NO2. The summed E-state index contributed by atoms with van der Waals surface area (Å²) < 4.78 is 4.70. The van der Waals surface area contributed by atoms with Gasteiger partial charge in [-0.1, -0.05) is 57.7 Å². The summed E-state index contributed by atoms with van der Waals surface area (Å²) in [5.74, 6) is 0.667. The molecule has 0 amide bonds. The number of para-hydroxylation sites is 1. The summed E-state index contributed by atoms with van der Waals surface area (Å²) in [5, 5.41) is 0. The maximum atomic E-state index is 11.2. The van der Waals surface area contributed by atoms with Crippen LogP contribution in [0.1, 0.15) is 65.2 Å². The molecule has 0 fully saturated rings. The van der Waals surface area contributed by atoms with E-state index in [0.29, 0.717) is 6.42 Å². The summed E-state index contributed by atoms with van der Waals surface area (Å²) in [6, 6.07) is 10.7. The number of carbonyl (C=O) groups excluding carboxylic acids is 1. The predicted octanol–water partition coefficient (Wildman–Crippen LogP) is 5.44. The molecule has 0 saturated heterocycles. The molecule has 0 spiro atoms. The van der Waals surface area contributed by atoms with Crippen molar-refractivity contribution in [2.24, 2.45) is 5.92 Å². The SMILES string of the molecule is CCCCC(CC)CN(CCCCCC(=O)OC)c1ccccc1. The van der Waals surface area contributed by atoms with E-state index >= 15 is 0 Å². The van der Waals surface area contributed by atoms with Gasteiger partial charge in [0, 0.05) is 25.2 Å². The number of methoxy groups -OCH3 is 1. The minimum Gasteiger partial charge on any atom is -0.469 e. The van der Waals surface area contributed by atoms with Gasteiger partial charge in [-0.15, -0.1) is 0 Å². The summed E-state index contributed by atoms with van der Waals surface area (Å²) >= 11 is 0. The Balaban J connectivity index is 2.51. The average Bonchev–Trinajstić information content (AvgIpc) is 2.63. The number of rotatable bonds is 13. The summed E-state index contributed by atoms with van der Waals surface area (Å²) in [4.78, 5) is 13.7. The first-order valence-corrected chi connectivity index (χ1v) is 9.58. The molecule has 0 saturated carbocycles. The van der Waals surface area contributed by atoms with Gasteiger partial charge in [-0.2, -0.15) is 0 Å². The normalized spacial score (nSPS) is 12.0. The van der Waals surface area contributed by atoms with Crippen molar-refractivity contribution in [2.75, 3.05) is 25.1 Å².